The number of halogens is 1. The van der Waals surface area contributed by atoms with Gasteiger partial charge in [0.15, 0.2) is 0 Å². The van der Waals surface area contributed by atoms with Crippen LogP contribution in [0.1, 0.15) is 6.92 Å². The molecule has 0 spiro atoms. The fourth-order valence-electron chi connectivity index (χ4n) is 0.321. The molecule has 54 valence electrons. The van der Waals surface area contributed by atoms with Crippen molar-refractivity contribution in [3.63, 3.8) is 0 Å². The summed E-state index contributed by atoms with van der Waals surface area (Å²) in [6, 6.07) is 0. The van der Waals surface area contributed by atoms with E-state index in [0.717, 1.165) is 12.1 Å². The molecule has 2 nitrogen and oxygen atoms in total. The fraction of sp³-hybridized carbons (Fsp3) is 0.667. The zero-order valence-electron chi connectivity index (χ0n) is 6.11. The molecule has 0 aliphatic carbocycles. The highest BCUT2D eigenvalue weighted by atomic mass is 35.5. The third-order valence-corrected chi connectivity index (χ3v) is 1.23. The van der Waals surface area contributed by atoms with E-state index in [1.54, 1.807) is 5.54 Å². The Morgan fingerprint density at radius 1 is 1.67 bits per heavy atom. The zero-order valence-corrected chi connectivity index (χ0v) is 6.87. The van der Waals surface area contributed by atoms with E-state index in [-0.39, 0.29) is 0 Å². The number of nitrogens with zero attached hydrogens (tertiary/aromatic N) is 1. The predicted molar refractivity (Wildman–Crippen MR) is 41.3 cm³/mol. The molecule has 3 heteroatoms. The van der Waals surface area contributed by atoms with Crippen molar-refractivity contribution in [3.05, 3.63) is 11.1 Å². The van der Waals surface area contributed by atoms with E-state index in [1.165, 1.54) is 0 Å². The summed E-state index contributed by atoms with van der Waals surface area (Å²) in [5.74, 6) is 0. The van der Waals surface area contributed by atoms with Gasteiger partial charge in [0.25, 0.3) is 0 Å². The van der Waals surface area contributed by atoms with Crippen LogP contribution in [0.4, 0.5) is 0 Å². The first-order valence-corrected chi connectivity index (χ1v) is 3.27. The van der Waals surface area contributed by atoms with E-state index in [2.05, 4.69) is 5.43 Å². The van der Waals surface area contributed by atoms with Gasteiger partial charge in [-0.3, -0.25) is 10.4 Å². The monoisotopic (exact) mass is 148 g/mol. The minimum absolute atomic E-state index is 0.816. The number of hydrazine groups is 1. The molecule has 0 aliphatic heterocycles. The molecule has 9 heavy (non-hydrogen) atoms. The number of nitrogens with one attached hydrogen (secondary N) is 1. The second-order valence-corrected chi connectivity index (χ2v) is 2.40. The summed E-state index contributed by atoms with van der Waals surface area (Å²) in [5.41, 5.74) is 5.79. The van der Waals surface area contributed by atoms with Gasteiger partial charge in [-0.15, -0.1) is 0 Å². The number of rotatable bonds is 3. The quantitative estimate of drug-likeness (QED) is 0.605. The first-order valence-electron chi connectivity index (χ1n) is 2.83. The highest BCUT2D eigenvalue weighted by molar-refractivity contribution is 6.25. The minimum atomic E-state index is 0.816. The first-order chi connectivity index (χ1) is 4.16. The van der Waals surface area contributed by atoms with E-state index in [1.807, 2.05) is 26.0 Å². The molecule has 0 unspecified atom stereocenters. The van der Waals surface area contributed by atoms with Crippen LogP contribution in [0, 0.1) is 0 Å². The van der Waals surface area contributed by atoms with Gasteiger partial charge in [-0.05, 0) is 12.5 Å². The maximum atomic E-state index is 5.41. The molecule has 0 aromatic rings. The molecule has 0 heterocycles. The van der Waals surface area contributed by atoms with Gasteiger partial charge >= 0.3 is 0 Å². The molecule has 0 aromatic carbocycles. The third-order valence-electron chi connectivity index (χ3n) is 0.860. The van der Waals surface area contributed by atoms with Gasteiger partial charge in [0.2, 0.25) is 0 Å². The van der Waals surface area contributed by atoms with Crippen molar-refractivity contribution in [2.45, 2.75) is 6.92 Å². The fourth-order valence-corrected chi connectivity index (χ4v) is 0.399. The van der Waals surface area contributed by atoms with Crippen LogP contribution in [0.25, 0.3) is 0 Å². The lowest BCUT2D eigenvalue weighted by atomic mass is 10.4. The molecule has 0 aliphatic rings. The van der Waals surface area contributed by atoms with E-state index in [0.29, 0.717) is 0 Å². The summed E-state index contributed by atoms with van der Waals surface area (Å²) in [6.07, 6.45) is 0. The van der Waals surface area contributed by atoms with Crippen molar-refractivity contribution in [2.75, 3.05) is 20.6 Å². The number of hydrogen-bond donors (Lipinski definition) is 1. The van der Waals surface area contributed by atoms with Crippen LogP contribution in [0.3, 0.4) is 0 Å². The molecular weight excluding hydrogens is 136 g/mol. The average Bonchev–Trinajstić information content (AvgIpc) is 1.83. The van der Waals surface area contributed by atoms with Gasteiger partial charge in [-0.25, -0.2) is 0 Å². The molecule has 1 N–H and O–H groups in total. The Hall–Kier alpha value is -0.0500. The second kappa shape index (κ2) is 4.79. The average molecular weight is 149 g/mol. The van der Waals surface area contributed by atoms with Gasteiger partial charge in [-0.1, -0.05) is 11.6 Å². The summed E-state index contributed by atoms with van der Waals surface area (Å²) in [7, 11) is 3.89. The predicted octanol–water partition coefficient (Wildman–Crippen LogP) is 1.20. The lowest BCUT2D eigenvalue weighted by Gasteiger charge is -2.10. The number of hydrogen-bond acceptors (Lipinski definition) is 2. The van der Waals surface area contributed by atoms with E-state index < -0.39 is 0 Å². The molecule has 0 saturated carbocycles. The van der Waals surface area contributed by atoms with Crippen LogP contribution >= 0.6 is 11.6 Å². The second-order valence-electron chi connectivity index (χ2n) is 2.18. The maximum Gasteiger partial charge on any atom is 0.0321 e. The van der Waals surface area contributed by atoms with Crippen LogP contribution in [-0.2, 0) is 0 Å². The van der Waals surface area contributed by atoms with Gasteiger partial charge in [0.1, 0.15) is 0 Å². The summed E-state index contributed by atoms with van der Waals surface area (Å²) < 4.78 is 0. The van der Waals surface area contributed by atoms with Gasteiger partial charge < -0.3 is 0 Å². The van der Waals surface area contributed by atoms with Crippen molar-refractivity contribution in [3.8, 4) is 0 Å². The summed E-state index contributed by atoms with van der Waals surface area (Å²) in [6.45, 7) is 2.79. The molecule has 0 saturated heterocycles. The Morgan fingerprint density at radius 2 is 2.22 bits per heavy atom. The SMILES string of the molecule is CC(=CCl)CNN(C)C. The highest BCUT2D eigenvalue weighted by Crippen LogP contribution is 1.91. The van der Waals surface area contributed by atoms with E-state index >= 15 is 0 Å². The van der Waals surface area contributed by atoms with E-state index in [4.69, 9.17) is 11.6 Å². The Balaban J connectivity index is 3.28. The van der Waals surface area contributed by atoms with Gasteiger partial charge in [0.05, 0.1) is 0 Å². The Morgan fingerprint density at radius 3 is 2.56 bits per heavy atom. The maximum absolute atomic E-state index is 5.41. The molecule has 0 atom stereocenters. The lowest BCUT2D eigenvalue weighted by Crippen LogP contribution is -2.31. The van der Waals surface area contributed by atoms with Crippen molar-refractivity contribution in [2.24, 2.45) is 0 Å². The highest BCUT2D eigenvalue weighted by Gasteiger charge is 1.87. The van der Waals surface area contributed by atoms with Gasteiger partial charge in [-0.2, -0.15) is 0 Å². The van der Waals surface area contributed by atoms with Crippen LogP contribution in [0.15, 0.2) is 11.1 Å². The lowest BCUT2D eigenvalue weighted by molar-refractivity contribution is 0.303. The Labute approximate surface area is 61.5 Å². The molecule has 0 amide bonds. The standard InChI is InChI=1S/C6H13ClN2/c1-6(4-7)5-8-9(2)3/h4,8H,5H2,1-3H3. The van der Waals surface area contributed by atoms with Crippen molar-refractivity contribution >= 4 is 11.6 Å². The molecule has 0 rings (SSSR count). The van der Waals surface area contributed by atoms with Crippen molar-refractivity contribution in [1.82, 2.24) is 10.4 Å². The Bertz CT molecular complexity index is 99.2. The van der Waals surface area contributed by atoms with Crippen molar-refractivity contribution < 1.29 is 0 Å². The Kier molecular flexibility index (Phi) is 4.77. The molecule has 0 fully saturated rings. The summed E-state index contributed by atoms with van der Waals surface area (Å²) in [5, 5.41) is 1.89. The zero-order chi connectivity index (χ0) is 7.28. The molecule has 0 bridgehead atoms. The molecular formula is C6H13ClN2. The summed E-state index contributed by atoms with van der Waals surface area (Å²) >= 11 is 5.41. The minimum Gasteiger partial charge on any atom is -0.252 e. The van der Waals surface area contributed by atoms with Gasteiger partial charge in [0, 0.05) is 26.2 Å². The van der Waals surface area contributed by atoms with Crippen molar-refractivity contribution in [1.29, 1.82) is 0 Å². The topological polar surface area (TPSA) is 15.3 Å². The smallest absolute Gasteiger partial charge is 0.0321 e. The third kappa shape index (κ3) is 5.83. The normalized spacial score (nSPS) is 12.8. The van der Waals surface area contributed by atoms with Crippen LogP contribution < -0.4 is 5.43 Å². The summed E-state index contributed by atoms with van der Waals surface area (Å²) in [4.78, 5) is 0. The van der Waals surface area contributed by atoms with Crippen LogP contribution in [-0.4, -0.2) is 25.6 Å². The van der Waals surface area contributed by atoms with Crippen LogP contribution in [0.5, 0.6) is 0 Å². The van der Waals surface area contributed by atoms with E-state index in [9.17, 15) is 0 Å². The first kappa shape index (κ1) is 8.95. The molecule has 0 aromatic heterocycles. The van der Waals surface area contributed by atoms with Crippen LogP contribution in [0.2, 0.25) is 0 Å². The largest absolute Gasteiger partial charge is 0.252 e. The molecule has 0 radical (unpaired) electrons.